The van der Waals surface area contributed by atoms with Crippen LogP contribution in [-0.2, 0) is 10.0 Å². The van der Waals surface area contributed by atoms with Crippen LogP contribution in [0, 0.1) is 6.92 Å². The van der Waals surface area contributed by atoms with E-state index < -0.39 is 10.0 Å². The zero-order chi connectivity index (χ0) is 30.5. The van der Waals surface area contributed by atoms with Gasteiger partial charge < -0.3 is 19.5 Å². The number of fused-ring (bicyclic) bond motifs is 2. The van der Waals surface area contributed by atoms with Gasteiger partial charge in [0, 0.05) is 64.9 Å². The Morgan fingerprint density at radius 1 is 1.00 bits per heavy atom. The largest absolute Gasteiger partial charge is 0.481 e. The van der Waals surface area contributed by atoms with Gasteiger partial charge in [0.05, 0.1) is 30.3 Å². The number of anilines is 1. The summed E-state index contributed by atoms with van der Waals surface area (Å²) in [6.07, 6.45) is 1.13. The molecule has 9 nitrogen and oxygen atoms in total. The smallest absolute Gasteiger partial charge is 0.255 e. The number of amides is 1. The van der Waals surface area contributed by atoms with E-state index in [0.29, 0.717) is 45.1 Å². The van der Waals surface area contributed by atoms with Crippen molar-refractivity contribution in [2.45, 2.75) is 6.92 Å². The predicted octanol–water partition coefficient (Wildman–Crippen LogP) is 6.38. The molecule has 1 amide bonds. The molecule has 3 aromatic heterocycles. The molecule has 0 spiro atoms. The van der Waals surface area contributed by atoms with Crippen molar-refractivity contribution >= 4 is 43.5 Å². The van der Waals surface area contributed by atoms with Crippen LogP contribution in [0.25, 0.3) is 55.7 Å². The van der Waals surface area contributed by atoms with Gasteiger partial charge in [-0.25, -0.2) is 13.4 Å². The lowest BCUT2D eigenvalue weighted by molar-refractivity contribution is 0.0964. The molecule has 0 radical (unpaired) electrons. The average Bonchev–Trinajstić information content (AvgIpc) is 3.61. The Morgan fingerprint density at radius 3 is 2.42 bits per heavy atom. The van der Waals surface area contributed by atoms with Gasteiger partial charge in [-0.05, 0) is 31.2 Å². The molecule has 0 aliphatic carbocycles. The Hall–Kier alpha value is -5.09. The quantitative estimate of drug-likeness (QED) is 0.221. The van der Waals surface area contributed by atoms with Gasteiger partial charge in [-0.2, -0.15) is 0 Å². The fraction of sp³-hybridized carbons (Fsp3) is 0.152. The van der Waals surface area contributed by atoms with Gasteiger partial charge in [0.2, 0.25) is 15.9 Å². The van der Waals surface area contributed by atoms with Gasteiger partial charge in [-0.15, -0.1) is 0 Å². The van der Waals surface area contributed by atoms with Crippen molar-refractivity contribution in [3.8, 4) is 39.7 Å². The highest BCUT2D eigenvalue weighted by Gasteiger charge is 2.26. The number of carbonyl (C=O) groups is 1. The number of furan rings is 1. The van der Waals surface area contributed by atoms with E-state index in [1.807, 2.05) is 73.7 Å². The molecular formula is C33H30N4O5S. The second kappa shape index (κ2) is 10.6. The lowest BCUT2D eigenvalue weighted by Crippen LogP contribution is -2.25. The number of methoxy groups -OCH3 is 1. The van der Waals surface area contributed by atoms with Crippen LogP contribution >= 0.6 is 0 Å². The Morgan fingerprint density at radius 2 is 1.74 bits per heavy atom. The number of hydrogen-bond acceptors (Lipinski definition) is 6. The topological polar surface area (TPSA) is 118 Å². The molecule has 6 aromatic rings. The zero-order valence-electron chi connectivity index (χ0n) is 24.3. The molecule has 43 heavy (non-hydrogen) atoms. The molecule has 218 valence electrons. The number of hydrogen-bond donors (Lipinski definition) is 2. The van der Waals surface area contributed by atoms with Crippen molar-refractivity contribution in [1.82, 2.24) is 15.3 Å². The summed E-state index contributed by atoms with van der Waals surface area (Å²) in [5, 5.41) is 4.29. The first-order valence-corrected chi connectivity index (χ1v) is 15.4. The summed E-state index contributed by atoms with van der Waals surface area (Å²) in [6.45, 7) is 1.98. The molecule has 0 aliphatic rings. The average molecular weight is 595 g/mol. The number of H-pyrrole nitrogens is 1. The van der Waals surface area contributed by atoms with Gasteiger partial charge in [0.15, 0.2) is 0 Å². The molecule has 2 N–H and O–H groups in total. The standard InChI is InChI=1S/C33H30N4O5S/c1-19-10-12-20(13-11-19)32-31(33(38)34-2)24-17-23(28(18-29(24)42-32)37(3)43(5,39)40)27-15-22(16-30(36-27)41-4)26-14-21-8-6-7-9-25(21)35-26/h6-18,35H,1-5H3,(H,34,38). The summed E-state index contributed by atoms with van der Waals surface area (Å²) in [5.41, 5.74) is 6.40. The molecule has 0 fully saturated rings. The summed E-state index contributed by atoms with van der Waals surface area (Å²) in [6, 6.07) is 24.7. The highest BCUT2D eigenvalue weighted by molar-refractivity contribution is 7.92. The Balaban J connectivity index is 1.64. The van der Waals surface area contributed by atoms with Crippen LogP contribution in [0.15, 0.2) is 83.3 Å². The van der Waals surface area contributed by atoms with E-state index in [0.717, 1.165) is 39.5 Å². The fourth-order valence-corrected chi connectivity index (χ4v) is 5.68. The number of rotatable bonds is 7. The molecular weight excluding hydrogens is 564 g/mol. The first kappa shape index (κ1) is 28.0. The summed E-state index contributed by atoms with van der Waals surface area (Å²) in [4.78, 5) is 21.4. The van der Waals surface area contributed by atoms with Crippen molar-refractivity contribution in [1.29, 1.82) is 0 Å². The lowest BCUT2D eigenvalue weighted by Gasteiger charge is -2.21. The van der Waals surface area contributed by atoms with E-state index in [-0.39, 0.29) is 5.91 Å². The summed E-state index contributed by atoms with van der Waals surface area (Å²) in [5.74, 6) is 0.400. The number of ether oxygens (including phenoxy) is 1. The van der Waals surface area contributed by atoms with Crippen LogP contribution in [0.3, 0.4) is 0 Å². The first-order chi connectivity index (χ1) is 20.6. The van der Waals surface area contributed by atoms with E-state index in [1.54, 1.807) is 19.2 Å². The van der Waals surface area contributed by atoms with Crippen LogP contribution in [-0.4, -0.2) is 51.8 Å². The Labute approximate surface area is 249 Å². The minimum absolute atomic E-state index is 0.332. The maximum absolute atomic E-state index is 13.3. The molecule has 3 aromatic carbocycles. The van der Waals surface area contributed by atoms with Gasteiger partial charge in [-0.3, -0.25) is 9.10 Å². The van der Waals surface area contributed by atoms with Crippen LogP contribution in [0.2, 0.25) is 0 Å². The van der Waals surface area contributed by atoms with Crippen molar-refractivity contribution in [3.63, 3.8) is 0 Å². The molecule has 6 rings (SSSR count). The van der Waals surface area contributed by atoms with Gasteiger partial charge >= 0.3 is 0 Å². The number of aromatic amines is 1. The van der Waals surface area contributed by atoms with Crippen molar-refractivity contribution < 1.29 is 22.4 Å². The Kier molecular flexibility index (Phi) is 6.94. The molecule has 3 heterocycles. The monoisotopic (exact) mass is 594 g/mol. The van der Waals surface area contributed by atoms with E-state index in [4.69, 9.17) is 14.1 Å². The second-order valence-corrected chi connectivity index (χ2v) is 12.4. The van der Waals surface area contributed by atoms with Crippen LogP contribution in [0.4, 0.5) is 5.69 Å². The number of carbonyl (C=O) groups excluding carboxylic acids is 1. The lowest BCUT2D eigenvalue weighted by atomic mass is 9.99. The van der Waals surface area contributed by atoms with Crippen LogP contribution in [0.1, 0.15) is 15.9 Å². The molecule has 0 aliphatic heterocycles. The second-order valence-electron chi connectivity index (χ2n) is 10.4. The summed E-state index contributed by atoms with van der Waals surface area (Å²) >= 11 is 0. The van der Waals surface area contributed by atoms with Crippen LogP contribution < -0.4 is 14.4 Å². The molecule has 0 saturated carbocycles. The molecule has 0 atom stereocenters. The first-order valence-electron chi connectivity index (χ1n) is 13.6. The fourth-order valence-electron chi connectivity index (χ4n) is 5.17. The SMILES string of the molecule is CNC(=O)c1c(-c2ccc(C)cc2)oc2cc(N(C)S(C)(=O)=O)c(-c3cc(-c4cc5ccccc5[nH]4)cc(OC)n3)cc12. The van der Waals surface area contributed by atoms with E-state index >= 15 is 0 Å². The normalized spacial score (nSPS) is 11.7. The van der Waals surface area contributed by atoms with Crippen molar-refractivity contribution in [3.05, 3.63) is 90.0 Å². The molecule has 10 heteroatoms. The van der Waals surface area contributed by atoms with Gasteiger partial charge in [-0.1, -0.05) is 48.0 Å². The van der Waals surface area contributed by atoms with E-state index in [9.17, 15) is 13.2 Å². The third-order valence-corrected chi connectivity index (χ3v) is 8.73. The minimum Gasteiger partial charge on any atom is -0.481 e. The third-order valence-electron chi connectivity index (χ3n) is 7.54. The van der Waals surface area contributed by atoms with Gasteiger partial charge in [0.25, 0.3) is 5.91 Å². The van der Waals surface area contributed by atoms with Crippen molar-refractivity contribution in [2.24, 2.45) is 0 Å². The summed E-state index contributed by atoms with van der Waals surface area (Å²) < 4.78 is 38.7. The number of sulfonamides is 1. The van der Waals surface area contributed by atoms with Crippen molar-refractivity contribution in [2.75, 3.05) is 31.8 Å². The van der Waals surface area contributed by atoms with E-state index in [2.05, 4.69) is 10.3 Å². The van der Waals surface area contributed by atoms with E-state index in [1.165, 1.54) is 18.5 Å². The number of pyridine rings is 1. The number of para-hydroxylation sites is 1. The number of aryl methyl sites for hydroxylation is 1. The zero-order valence-corrected chi connectivity index (χ0v) is 25.2. The highest BCUT2D eigenvalue weighted by Crippen LogP contribution is 2.42. The molecule has 0 saturated heterocycles. The molecule has 0 unspecified atom stereocenters. The molecule has 0 bridgehead atoms. The predicted molar refractivity (Wildman–Crippen MR) is 170 cm³/mol. The number of nitrogens with zero attached hydrogens (tertiary/aromatic N) is 2. The number of nitrogens with one attached hydrogen (secondary N) is 2. The maximum Gasteiger partial charge on any atom is 0.255 e. The maximum atomic E-state index is 13.3. The minimum atomic E-state index is -3.68. The highest BCUT2D eigenvalue weighted by atomic mass is 32.2. The summed E-state index contributed by atoms with van der Waals surface area (Å²) in [7, 11) is 0.878. The Bertz CT molecular complexity index is 2100. The third kappa shape index (κ3) is 5.10. The van der Waals surface area contributed by atoms with Gasteiger partial charge in [0.1, 0.15) is 11.3 Å². The number of benzene rings is 3. The van der Waals surface area contributed by atoms with Crippen LogP contribution in [0.5, 0.6) is 5.88 Å². The number of aromatic nitrogens is 2.